The quantitative estimate of drug-likeness (QED) is 0.0935. The molecule has 2 aliphatic carbocycles. The number of anilines is 1. The maximum atomic E-state index is 13.6. The number of carboxylic acids is 1. The van der Waals surface area contributed by atoms with Gasteiger partial charge in [-0.2, -0.15) is 8.61 Å². The third-order valence-electron chi connectivity index (χ3n) is 14.6. The van der Waals surface area contributed by atoms with Crippen LogP contribution in [-0.4, -0.2) is 103 Å². The number of nitrogens with two attached hydrogens (primary N) is 1. The SMILES string of the molecule is Nc1ccccc1.O=C(Cc1ccccc1)c1ccccc1S(=O)(=O)N1CCC2(CC1)N=C(C1CCCCC1)NC2=O.O=C(O)c1ccccc1S(=O)(=O)N1CCC2(CC1)N=C(C1CCCCC1)NC2=O. The molecule has 0 bridgehead atoms. The zero-order valence-corrected chi connectivity index (χ0v) is 41.5. The Balaban J connectivity index is 0.000000169. The topological polar surface area (TPSA) is 238 Å². The number of amidine groups is 2. The Bertz CT molecular complexity index is 2870. The number of carboxylic acid groups (broad SMARTS) is 1. The molecule has 4 aromatic carbocycles. The maximum absolute atomic E-state index is 13.6. The number of nitrogens with one attached hydrogen (secondary N) is 2. The van der Waals surface area contributed by atoms with Crippen molar-refractivity contribution in [2.45, 2.75) is 117 Å². The Hall–Kier alpha value is -6.08. The Labute approximate surface area is 416 Å². The van der Waals surface area contributed by atoms with E-state index in [1.54, 1.807) is 18.2 Å². The highest BCUT2D eigenvalue weighted by Gasteiger charge is 2.50. The molecule has 2 amide bonds. The van der Waals surface area contributed by atoms with Gasteiger partial charge in [0.2, 0.25) is 20.0 Å². The van der Waals surface area contributed by atoms with E-state index >= 15 is 0 Å². The number of hydrogen-bond acceptors (Lipinski definition) is 11. The number of amides is 2. The molecule has 0 atom stereocenters. The number of aliphatic imine (C=N–C) groups is 2. The van der Waals surface area contributed by atoms with E-state index in [2.05, 4.69) is 10.6 Å². The zero-order valence-electron chi connectivity index (χ0n) is 39.9. The highest BCUT2D eigenvalue weighted by atomic mass is 32.2. The lowest BCUT2D eigenvalue weighted by molar-refractivity contribution is -0.125. The molecule has 0 aromatic heterocycles. The number of Topliss-reactive ketones (excluding diaryl/α,β-unsaturated/α-hetero) is 1. The van der Waals surface area contributed by atoms with Crippen LogP contribution in [0.15, 0.2) is 129 Å². The van der Waals surface area contributed by atoms with Gasteiger partial charge in [0.25, 0.3) is 11.8 Å². The number of para-hydroxylation sites is 1. The fraction of sp³-hybridized carbons (Fsp3) is 0.434. The van der Waals surface area contributed by atoms with E-state index < -0.39 is 37.1 Å². The molecule has 2 saturated carbocycles. The average molecular weight is 1010 g/mol. The molecule has 18 heteroatoms. The molecule has 4 fully saturated rings. The van der Waals surface area contributed by atoms with Crippen LogP contribution in [0.5, 0.6) is 0 Å². The zero-order chi connectivity index (χ0) is 50.2. The summed E-state index contributed by atoms with van der Waals surface area (Å²) in [7, 11) is -7.86. The van der Waals surface area contributed by atoms with Gasteiger partial charge in [-0.25, -0.2) is 21.6 Å². The molecule has 16 nitrogen and oxygen atoms in total. The first-order valence-electron chi connectivity index (χ1n) is 24.7. The monoisotopic (exact) mass is 1010 g/mol. The number of hydrogen-bond donors (Lipinski definition) is 4. The van der Waals surface area contributed by atoms with Crippen molar-refractivity contribution in [2.24, 2.45) is 21.8 Å². The van der Waals surface area contributed by atoms with Crippen molar-refractivity contribution in [3.8, 4) is 0 Å². The third-order valence-corrected chi connectivity index (χ3v) is 18.5. The van der Waals surface area contributed by atoms with Crippen LogP contribution in [0.25, 0.3) is 0 Å². The van der Waals surface area contributed by atoms with Crippen LogP contribution in [0.1, 0.15) is 116 Å². The molecule has 4 heterocycles. The van der Waals surface area contributed by atoms with Crippen LogP contribution >= 0.6 is 0 Å². The van der Waals surface area contributed by atoms with Crippen molar-refractivity contribution in [1.29, 1.82) is 0 Å². The first-order chi connectivity index (χ1) is 34.1. The van der Waals surface area contributed by atoms with Gasteiger partial charge in [-0.1, -0.05) is 117 Å². The van der Waals surface area contributed by atoms with Gasteiger partial charge >= 0.3 is 5.97 Å². The van der Waals surface area contributed by atoms with Gasteiger partial charge in [0.1, 0.15) is 22.7 Å². The summed E-state index contributed by atoms with van der Waals surface area (Å²) < 4.78 is 55.9. The van der Waals surface area contributed by atoms with Crippen LogP contribution in [0.2, 0.25) is 0 Å². The number of nitrogens with zero attached hydrogens (tertiary/aromatic N) is 4. The largest absolute Gasteiger partial charge is 0.478 e. The number of aromatic carboxylic acids is 1. The lowest BCUT2D eigenvalue weighted by atomic mass is 9.88. The van der Waals surface area contributed by atoms with Crippen molar-refractivity contribution < 1.29 is 41.1 Å². The van der Waals surface area contributed by atoms with Gasteiger partial charge in [-0.15, -0.1) is 0 Å². The third kappa shape index (κ3) is 11.5. The summed E-state index contributed by atoms with van der Waals surface area (Å²) in [6.07, 6.45) is 12.6. The summed E-state index contributed by atoms with van der Waals surface area (Å²) in [5, 5.41) is 15.3. The minimum absolute atomic E-state index is 0.0270. The number of sulfonamides is 2. The number of benzene rings is 4. The van der Waals surface area contributed by atoms with Gasteiger partial charge in [0, 0.05) is 55.7 Å². The standard InChI is InChI=1S/C27H31N3O4S.C20H25N3O5S.C6H7N/c31-23(19-20-9-3-1-4-10-20)22-13-7-8-14-24(22)35(33,34)30-17-15-27(16-18-30)26(32)28-25(29-27)21-11-5-2-6-12-21;24-18(25)15-8-4-5-9-16(15)29(27,28)23-12-10-20(11-13-23)19(26)21-17(22-20)14-6-2-1-3-7-14;7-6-4-2-1-3-5-6/h1,3-4,7-10,13-14,21H,2,5-6,11-12,15-19H2,(H,28,29,32);4-5,8-9,14H,1-3,6-7,10-13H2,(H,24,25)(H,21,22,26);1-5H,7H2. The van der Waals surface area contributed by atoms with Crippen molar-refractivity contribution in [2.75, 3.05) is 31.9 Å². The van der Waals surface area contributed by atoms with E-state index in [1.807, 2.05) is 60.7 Å². The van der Waals surface area contributed by atoms with Gasteiger partial charge in [-0.3, -0.25) is 24.4 Å². The lowest BCUT2D eigenvalue weighted by Crippen LogP contribution is -2.50. The molecule has 4 aliphatic heterocycles. The van der Waals surface area contributed by atoms with Crippen molar-refractivity contribution in [3.63, 3.8) is 0 Å². The predicted octanol–water partition coefficient (Wildman–Crippen LogP) is 7.03. The summed E-state index contributed by atoms with van der Waals surface area (Å²) in [4.78, 5) is 59.5. The number of rotatable bonds is 10. The first kappa shape index (κ1) is 51.3. The molecule has 2 saturated heterocycles. The smallest absolute Gasteiger partial charge is 0.337 e. The van der Waals surface area contributed by atoms with Gasteiger partial charge in [0.15, 0.2) is 5.78 Å². The number of ketones is 1. The number of nitrogen functional groups attached to an aromatic ring is 1. The Kier molecular flexibility index (Phi) is 16.0. The minimum Gasteiger partial charge on any atom is -0.478 e. The summed E-state index contributed by atoms with van der Waals surface area (Å²) in [5.41, 5.74) is 5.20. The molecule has 0 unspecified atom stereocenters. The van der Waals surface area contributed by atoms with Gasteiger partial charge < -0.3 is 21.5 Å². The Morgan fingerprint density at radius 1 is 0.563 bits per heavy atom. The van der Waals surface area contributed by atoms with Crippen LogP contribution in [-0.2, 0) is 36.1 Å². The molecule has 2 spiro atoms. The van der Waals surface area contributed by atoms with E-state index in [-0.39, 0.29) is 77.0 Å². The van der Waals surface area contributed by atoms with Gasteiger partial charge in [0.05, 0.1) is 15.4 Å². The molecule has 0 radical (unpaired) electrons. The second kappa shape index (κ2) is 22.1. The highest BCUT2D eigenvalue weighted by molar-refractivity contribution is 7.89. The van der Waals surface area contributed by atoms with E-state index in [0.29, 0.717) is 31.6 Å². The Morgan fingerprint density at radius 2 is 0.944 bits per heavy atom. The number of carbonyl (C=O) groups excluding carboxylic acids is 3. The summed E-state index contributed by atoms with van der Waals surface area (Å²) >= 11 is 0. The molecule has 71 heavy (non-hydrogen) atoms. The van der Waals surface area contributed by atoms with Crippen LogP contribution in [0.4, 0.5) is 5.69 Å². The Morgan fingerprint density at radius 3 is 1.35 bits per heavy atom. The molecule has 10 rings (SSSR count). The van der Waals surface area contributed by atoms with E-state index in [1.165, 1.54) is 51.8 Å². The highest BCUT2D eigenvalue weighted by Crippen LogP contribution is 2.38. The van der Waals surface area contributed by atoms with Crippen molar-refractivity contribution in [1.82, 2.24) is 19.2 Å². The van der Waals surface area contributed by atoms with Gasteiger partial charge in [-0.05, 0) is 87.3 Å². The average Bonchev–Trinajstić information content (AvgIpc) is 3.89. The normalized spacial score (nSPS) is 20.6. The fourth-order valence-electron chi connectivity index (χ4n) is 10.5. The summed E-state index contributed by atoms with van der Waals surface area (Å²) in [5.74, 6) is 0.391. The molecular formula is C53H63N7O9S2. The lowest BCUT2D eigenvalue weighted by Gasteiger charge is -2.35. The van der Waals surface area contributed by atoms with Crippen molar-refractivity contribution >= 4 is 61.0 Å². The number of carbonyl (C=O) groups is 4. The number of piperidine rings is 2. The second-order valence-corrected chi connectivity index (χ2v) is 23.0. The van der Waals surface area contributed by atoms with Crippen LogP contribution in [0.3, 0.4) is 0 Å². The predicted molar refractivity (Wildman–Crippen MR) is 271 cm³/mol. The van der Waals surface area contributed by atoms with E-state index in [9.17, 15) is 41.1 Å². The fourth-order valence-corrected chi connectivity index (χ4v) is 13.8. The van der Waals surface area contributed by atoms with Crippen LogP contribution < -0.4 is 16.4 Å². The molecular weight excluding hydrogens is 943 g/mol. The molecule has 4 aromatic rings. The molecule has 5 N–H and O–H groups in total. The van der Waals surface area contributed by atoms with Crippen LogP contribution in [0, 0.1) is 11.8 Å². The summed E-state index contributed by atoms with van der Waals surface area (Å²) in [6.45, 7) is 0.646. The molecule has 376 valence electrons. The summed E-state index contributed by atoms with van der Waals surface area (Å²) in [6, 6.07) is 30.8. The second-order valence-electron chi connectivity index (χ2n) is 19.2. The van der Waals surface area contributed by atoms with E-state index in [4.69, 9.17) is 15.7 Å². The maximum Gasteiger partial charge on any atom is 0.337 e. The molecule has 6 aliphatic rings. The first-order valence-corrected chi connectivity index (χ1v) is 27.6. The minimum atomic E-state index is -3.96. The van der Waals surface area contributed by atoms with E-state index in [0.717, 1.165) is 74.3 Å². The van der Waals surface area contributed by atoms with Crippen molar-refractivity contribution in [3.05, 3.63) is 126 Å².